The zero-order valence-corrected chi connectivity index (χ0v) is 12.3. The molecule has 2 N–H and O–H groups in total. The van der Waals surface area contributed by atoms with Gasteiger partial charge in [-0.25, -0.2) is 0 Å². The lowest BCUT2D eigenvalue weighted by Crippen LogP contribution is -2.49. The fourth-order valence-electron chi connectivity index (χ4n) is 1.47. The van der Waals surface area contributed by atoms with Crippen LogP contribution in [-0.2, 0) is 0 Å². The molecule has 84 valence electrons. The topological polar surface area (TPSA) is 41.6 Å². The van der Waals surface area contributed by atoms with Crippen LogP contribution in [0.15, 0.2) is 4.99 Å². The first-order valence-corrected chi connectivity index (χ1v) is 5.72. The van der Waals surface area contributed by atoms with Gasteiger partial charge in [0.2, 0.25) is 0 Å². The van der Waals surface area contributed by atoms with Crippen molar-refractivity contribution >= 4 is 41.7 Å². The molecule has 1 aliphatic rings. The molecule has 0 aromatic rings. The smallest absolute Gasteiger partial charge is 0.191 e. The van der Waals surface area contributed by atoms with E-state index in [9.17, 15) is 0 Å². The van der Waals surface area contributed by atoms with Crippen LogP contribution < -0.4 is 5.73 Å². The molecular weight excluding hydrogens is 309 g/mol. The van der Waals surface area contributed by atoms with Crippen LogP contribution in [-0.4, -0.2) is 41.0 Å². The Balaban J connectivity index is 0.00000169. The van der Waals surface area contributed by atoms with Gasteiger partial charge in [-0.2, -0.15) is 11.8 Å². The number of nitrogens with zero attached hydrogens (tertiary/aromatic N) is 2. The minimum atomic E-state index is 0. The van der Waals surface area contributed by atoms with Crippen LogP contribution in [0.25, 0.3) is 0 Å². The van der Waals surface area contributed by atoms with Crippen molar-refractivity contribution in [1.29, 1.82) is 0 Å². The summed E-state index contributed by atoms with van der Waals surface area (Å²) in [7, 11) is 0. The summed E-state index contributed by atoms with van der Waals surface area (Å²) in [6.45, 7) is 9.33. The lowest BCUT2D eigenvalue weighted by Gasteiger charge is -2.38. The van der Waals surface area contributed by atoms with Crippen LogP contribution in [0.2, 0.25) is 0 Å². The normalized spacial score (nSPS) is 21.6. The summed E-state index contributed by atoms with van der Waals surface area (Å²) in [5.74, 6) is 1.85. The molecule has 1 rings (SSSR count). The molecule has 0 amide bonds. The Kier molecular flexibility index (Phi) is 6.20. The van der Waals surface area contributed by atoms with Gasteiger partial charge in [0.15, 0.2) is 5.96 Å². The van der Waals surface area contributed by atoms with Crippen LogP contribution in [0.5, 0.6) is 0 Å². The van der Waals surface area contributed by atoms with Crippen molar-refractivity contribution in [1.82, 2.24) is 4.90 Å². The molecule has 3 nitrogen and oxygen atoms in total. The number of rotatable bonds is 1. The predicted molar refractivity (Wildman–Crippen MR) is 75.7 cm³/mol. The van der Waals surface area contributed by atoms with E-state index in [1.165, 1.54) is 0 Å². The van der Waals surface area contributed by atoms with Crippen molar-refractivity contribution in [2.45, 2.75) is 25.5 Å². The number of guanidine groups is 1. The summed E-state index contributed by atoms with van der Waals surface area (Å²) in [6, 6.07) is 0. The molecule has 0 aliphatic carbocycles. The van der Waals surface area contributed by atoms with Crippen LogP contribution >= 0.6 is 35.7 Å². The maximum absolute atomic E-state index is 5.85. The molecule has 0 saturated carbocycles. The Hall–Kier alpha value is 0.350. The van der Waals surface area contributed by atoms with E-state index < -0.39 is 0 Å². The number of thioether (sulfide) groups is 1. The third-order valence-electron chi connectivity index (χ3n) is 2.07. The maximum Gasteiger partial charge on any atom is 0.191 e. The van der Waals surface area contributed by atoms with Gasteiger partial charge < -0.3 is 10.6 Å². The second kappa shape index (κ2) is 6.05. The highest BCUT2D eigenvalue weighted by molar-refractivity contribution is 14.0. The van der Waals surface area contributed by atoms with Crippen LogP contribution in [0, 0.1) is 0 Å². The Bertz CT molecular complexity index is 206. The van der Waals surface area contributed by atoms with Gasteiger partial charge in [0, 0.05) is 30.1 Å². The van der Waals surface area contributed by atoms with Crippen molar-refractivity contribution in [2.75, 3.05) is 25.4 Å². The summed E-state index contributed by atoms with van der Waals surface area (Å²) in [5.41, 5.74) is 5.85. The van der Waals surface area contributed by atoms with Gasteiger partial charge >= 0.3 is 0 Å². The van der Waals surface area contributed by atoms with Crippen LogP contribution in [0.4, 0.5) is 0 Å². The average Bonchev–Trinajstić information content (AvgIpc) is 2.03. The van der Waals surface area contributed by atoms with E-state index in [0.29, 0.717) is 10.7 Å². The molecule has 0 radical (unpaired) electrons. The molecule has 0 atom stereocenters. The highest BCUT2D eigenvalue weighted by Crippen LogP contribution is 2.29. The van der Waals surface area contributed by atoms with E-state index in [1.54, 1.807) is 0 Å². The molecule has 0 unspecified atom stereocenters. The Morgan fingerprint density at radius 1 is 1.57 bits per heavy atom. The average molecular weight is 329 g/mol. The molecule has 0 aromatic carbocycles. The van der Waals surface area contributed by atoms with Gasteiger partial charge in [-0.3, -0.25) is 4.99 Å². The van der Waals surface area contributed by atoms with Crippen LogP contribution in [0.3, 0.4) is 0 Å². The van der Waals surface area contributed by atoms with Gasteiger partial charge in [0.25, 0.3) is 0 Å². The molecule has 5 heteroatoms. The fourth-order valence-corrected chi connectivity index (χ4v) is 2.59. The third kappa shape index (κ3) is 4.25. The zero-order chi connectivity index (χ0) is 9.90. The largest absolute Gasteiger partial charge is 0.370 e. The molecule has 14 heavy (non-hydrogen) atoms. The van der Waals surface area contributed by atoms with E-state index in [1.807, 2.05) is 18.7 Å². The number of nitrogens with two attached hydrogens (primary N) is 1. The minimum absolute atomic E-state index is 0. The fraction of sp³-hybridized carbons (Fsp3) is 0.889. The summed E-state index contributed by atoms with van der Waals surface area (Å²) < 4.78 is 0.312. The second-order valence-corrected chi connectivity index (χ2v) is 5.66. The molecule has 1 fully saturated rings. The molecule has 0 spiro atoms. The quantitative estimate of drug-likeness (QED) is 0.453. The zero-order valence-electron chi connectivity index (χ0n) is 9.12. The van der Waals surface area contributed by atoms with E-state index in [0.717, 1.165) is 25.4 Å². The molecule has 1 aliphatic heterocycles. The second-order valence-electron chi connectivity index (χ2n) is 3.86. The Labute approximate surface area is 108 Å². The first-order chi connectivity index (χ1) is 6.05. The van der Waals surface area contributed by atoms with Crippen molar-refractivity contribution in [3.63, 3.8) is 0 Å². The van der Waals surface area contributed by atoms with Crippen molar-refractivity contribution < 1.29 is 0 Å². The number of hydrogen-bond acceptors (Lipinski definition) is 2. The van der Waals surface area contributed by atoms with Gasteiger partial charge in [-0.05, 0) is 20.8 Å². The van der Waals surface area contributed by atoms with Gasteiger partial charge in [-0.1, -0.05) is 0 Å². The van der Waals surface area contributed by atoms with E-state index in [-0.39, 0.29) is 24.0 Å². The van der Waals surface area contributed by atoms with E-state index in [2.05, 4.69) is 23.7 Å². The monoisotopic (exact) mass is 329 g/mol. The SMILES string of the molecule is CCN=C(N)N1CCSC(C)(C)C1.I. The Morgan fingerprint density at radius 2 is 2.21 bits per heavy atom. The summed E-state index contributed by atoms with van der Waals surface area (Å²) in [4.78, 5) is 6.41. The van der Waals surface area contributed by atoms with Gasteiger partial charge in [-0.15, -0.1) is 24.0 Å². The standard InChI is InChI=1S/C9H19N3S.HI/c1-4-11-8(10)12-5-6-13-9(2,3)7-12;/h4-7H2,1-3H3,(H2,10,11);1H. The van der Waals surface area contributed by atoms with Gasteiger partial charge in [0.1, 0.15) is 0 Å². The molecule has 1 heterocycles. The van der Waals surface area contributed by atoms with Crippen molar-refractivity contribution in [3.05, 3.63) is 0 Å². The Morgan fingerprint density at radius 3 is 2.71 bits per heavy atom. The first-order valence-electron chi connectivity index (χ1n) is 4.74. The predicted octanol–water partition coefficient (Wildman–Crippen LogP) is 1.77. The number of hydrogen-bond donors (Lipinski definition) is 1. The molecule has 0 bridgehead atoms. The minimum Gasteiger partial charge on any atom is -0.370 e. The number of halogens is 1. The number of aliphatic imine (C=N–C) groups is 1. The lowest BCUT2D eigenvalue weighted by molar-refractivity contribution is 0.384. The summed E-state index contributed by atoms with van der Waals surface area (Å²) >= 11 is 2.01. The lowest BCUT2D eigenvalue weighted by atomic mass is 10.2. The molecule has 1 saturated heterocycles. The maximum atomic E-state index is 5.85. The highest BCUT2D eigenvalue weighted by atomic mass is 127. The summed E-state index contributed by atoms with van der Waals surface area (Å²) in [6.07, 6.45) is 0. The third-order valence-corrected chi connectivity index (χ3v) is 3.37. The molecular formula is C9H20IN3S. The summed E-state index contributed by atoms with van der Waals surface area (Å²) in [5, 5.41) is 0. The van der Waals surface area contributed by atoms with Crippen LogP contribution in [0.1, 0.15) is 20.8 Å². The van der Waals surface area contributed by atoms with E-state index >= 15 is 0 Å². The van der Waals surface area contributed by atoms with Gasteiger partial charge in [0.05, 0.1) is 0 Å². The molecule has 0 aromatic heterocycles. The highest BCUT2D eigenvalue weighted by Gasteiger charge is 2.27. The van der Waals surface area contributed by atoms with Crippen molar-refractivity contribution in [3.8, 4) is 0 Å². The first kappa shape index (κ1) is 14.3. The van der Waals surface area contributed by atoms with Crippen molar-refractivity contribution in [2.24, 2.45) is 10.7 Å². The van der Waals surface area contributed by atoms with E-state index in [4.69, 9.17) is 5.73 Å².